The summed E-state index contributed by atoms with van der Waals surface area (Å²) in [7, 11) is 0. The topological polar surface area (TPSA) is 100 Å². The van der Waals surface area contributed by atoms with E-state index in [0.29, 0.717) is 35.6 Å². The zero-order valence-corrected chi connectivity index (χ0v) is 17.3. The number of hydrogen-bond acceptors (Lipinski definition) is 6. The highest BCUT2D eigenvalue weighted by Gasteiger charge is 2.29. The van der Waals surface area contributed by atoms with Crippen molar-refractivity contribution in [2.24, 2.45) is 5.92 Å². The maximum Gasteiger partial charge on any atom is 0.410 e. The smallest absolute Gasteiger partial charge is 0.410 e. The molecule has 2 aliphatic rings. The van der Waals surface area contributed by atoms with E-state index in [1.54, 1.807) is 17.3 Å². The van der Waals surface area contributed by atoms with Crippen LogP contribution in [-0.2, 0) is 4.74 Å². The van der Waals surface area contributed by atoms with E-state index < -0.39 is 5.60 Å². The van der Waals surface area contributed by atoms with Gasteiger partial charge in [0.15, 0.2) is 11.4 Å². The summed E-state index contributed by atoms with van der Waals surface area (Å²) in [4.78, 5) is 38.7. The molecule has 0 unspecified atom stereocenters. The van der Waals surface area contributed by atoms with Crippen molar-refractivity contribution in [2.45, 2.75) is 64.5 Å². The van der Waals surface area contributed by atoms with Gasteiger partial charge in [-0.3, -0.25) is 4.79 Å². The molecule has 8 heteroatoms. The number of hydrogen-bond donors (Lipinski definition) is 2. The van der Waals surface area contributed by atoms with Crippen molar-refractivity contribution in [1.82, 2.24) is 19.9 Å². The number of fused-ring (bicyclic) bond motifs is 1. The maximum absolute atomic E-state index is 12.6. The summed E-state index contributed by atoms with van der Waals surface area (Å²) in [6.45, 7) is 6.90. The molecule has 4 rings (SSSR count). The Morgan fingerprint density at radius 1 is 1.21 bits per heavy atom. The zero-order valence-electron chi connectivity index (χ0n) is 17.3. The van der Waals surface area contributed by atoms with E-state index in [2.05, 4.69) is 20.3 Å². The molecule has 1 amide bonds. The number of Topliss-reactive ketones (excluding diaryl/α,β-unsaturated/α-hetero) is 1. The molecule has 2 aromatic heterocycles. The number of ether oxygens (including phenoxy) is 1. The van der Waals surface area contributed by atoms with Gasteiger partial charge in [-0.1, -0.05) is 6.42 Å². The first-order valence-electron chi connectivity index (χ1n) is 10.4. The third kappa shape index (κ3) is 4.36. The SMILES string of the molecule is CC(C)(C)OC(=O)N1CCC(Nc2cnc3[nH]cc(C(=O)C4CCC4)c3n2)CC1. The highest BCUT2D eigenvalue weighted by Crippen LogP contribution is 2.31. The number of ketones is 1. The standard InChI is InChI=1S/C21H29N5O3/c1-21(2,3)29-20(28)26-9-7-14(8-10-26)24-16-12-23-19-17(25-16)15(11-22-19)18(27)13-5-4-6-13/h11-14H,4-10H2,1-3H3,(H,22,23)(H,24,25). The molecule has 0 aromatic carbocycles. The Labute approximate surface area is 170 Å². The van der Waals surface area contributed by atoms with Crippen LogP contribution in [0.5, 0.6) is 0 Å². The molecule has 2 N–H and O–H groups in total. The zero-order chi connectivity index (χ0) is 20.6. The molecule has 2 aromatic rings. The Kier molecular flexibility index (Phi) is 5.19. The van der Waals surface area contributed by atoms with Crippen LogP contribution in [0.3, 0.4) is 0 Å². The van der Waals surface area contributed by atoms with Gasteiger partial charge in [-0.25, -0.2) is 14.8 Å². The summed E-state index contributed by atoms with van der Waals surface area (Å²) in [5.41, 5.74) is 1.43. The average molecular weight is 399 g/mol. The van der Waals surface area contributed by atoms with Crippen molar-refractivity contribution >= 4 is 28.9 Å². The van der Waals surface area contributed by atoms with E-state index in [9.17, 15) is 9.59 Å². The second-order valence-electron chi connectivity index (χ2n) is 9.03. The number of amides is 1. The molecule has 8 nitrogen and oxygen atoms in total. The number of likely N-dealkylation sites (tertiary alicyclic amines) is 1. The van der Waals surface area contributed by atoms with Crippen LogP contribution in [0.1, 0.15) is 63.2 Å². The van der Waals surface area contributed by atoms with Crippen LogP contribution in [0.4, 0.5) is 10.6 Å². The van der Waals surface area contributed by atoms with E-state index in [-0.39, 0.29) is 23.8 Å². The fraction of sp³-hybridized carbons (Fsp3) is 0.619. The van der Waals surface area contributed by atoms with Crippen molar-refractivity contribution in [3.8, 4) is 0 Å². The van der Waals surface area contributed by atoms with Gasteiger partial charge >= 0.3 is 6.09 Å². The number of aromatic amines is 1. The van der Waals surface area contributed by atoms with Gasteiger partial charge in [-0.15, -0.1) is 0 Å². The van der Waals surface area contributed by atoms with Gasteiger partial charge in [0.05, 0.1) is 11.8 Å². The molecule has 1 aliphatic heterocycles. The number of anilines is 1. The van der Waals surface area contributed by atoms with Crippen molar-refractivity contribution < 1.29 is 14.3 Å². The van der Waals surface area contributed by atoms with E-state index in [0.717, 1.165) is 32.1 Å². The summed E-state index contributed by atoms with van der Waals surface area (Å²) >= 11 is 0. The number of H-pyrrole nitrogens is 1. The molecule has 0 spiro atoms. The van der Waals surface area contributed by atoms with Gasteiger partial charge in [-0.05, 0) is 46.5 Å². The van der Waals surface area contributed by atoms with Gasteiger partial charge < -0.3 is 19.9 Å². The molecule has 1 saturated carbocycles. The number of aromatic nitrogens is 3. The van der Waals surface area contributed by atoms with Gasteiger partial charge in [0.2, 0.25) is 0 Å². The van der Waals surface area contributed by atoms with Crippen LogP contribution < -0.4 is 5.32 Å². The molecule has 0 atom stereocenters. The van der Waals surface area contributed by atoms with Crippen LogP contribution in [0.25, 0.3) is 11.2 Å². The van der Waals surface area contributed by atoms with Crippen LogP contribution in [0, 0.1) is 5.92 Å². The molecule has 29 heavy (non-hydrogen) atoms. The summed E-state index contributed by atoms with van der Waals surface area (Å²) in [5, 5.41) is 3.42. The normalized spacial score (nSPS) is 18.5. The van der Waals surface area contributed by atoms with E-state index in [1.807, 2.05) is 20.8 Å². The maximum atomic E-state index is 12.6. The second-order valence-corrected chi connectivity index (χ2v) is 9.03. The lowest BCUT2D eigenvalue weighted by molar-refractivity contribution is 0.0210. The van der Waals surface area contributed by atoms with E-state index in [1.165, 1.54) is 0 Å². The fourth-order valence-electron chi connectivity index (χ4n) is 3.78. The minimum atomic E-state index is -0.484. The van der Waals surface area contributed by atoms with Crippen molar-refractivity contribution in [2.75, 3.05) is 18.4 Å². The molecule has 2 fully saturated rings. The number of nitrogens with one attached hydrogen (secondary N) is 2. The first-order chi connectivity index (χ1) is 13.8. The van der Waals surface area contributed by atoms with E-state index in [4.69, 9.17) is 4.74 Å². The van der Waals surface area contributed by atoms with Gasteiger partial charge in [0, 0.05) is 31.2 Å². The lowest BCUT2D eigenvalue weighted by atomic mass is 9.80. The molecule has 0 radical (unpaired) electrons. The van der Waals surface area contributed by atoms with Gasteiger partial charge in [-0.2, -0.15) is 0 Å². The minimum Gasteiger partial charge on any atom is -0.444 e. The molecule has 156 valence electrons. The van der Waals surface area contributed by atoms with Crippen molar-refractivity contribution in [3.05, 3.63) is 18.0 Å². The third-order valence-corrected chi connectivity index (χ3v) is 5.62. The van der Waals surface area contributed by atoms with Crippen LogP contribution in [0.15, 0.2) is 12.4 Å². The Hall–Kier alpha value is -2.64. The molecule has 1 saturated heterocycles. The highest BCUT2D eigenvalue weighted by molar-refractivity contribution is 6.07. The first-order valence-corrected chi connectivity index (χ1v) is 10.4. The predicted molar refractivity (Wildman–Crippen MR) is 110 cm³/mol. The summed E-state index contributed by atoms with van der Waals surface area (Å²) in [6, 6.07) is 0.199. The first kappa shape index (κ1) is 19.7. The number of carbonyl (C=O) groups excluding carboxylic acids is 2. The quantitative estimate of drug-likeness (QED) is 0.760. The number of nitrogens with zero attached hydrogens (tertiary/aromatic N) is 3. The second kappa shape index (κ2) is 7.65. The predicted octanol–water partition coefficient (Wildman–Crippen LogP) is 3.75. The van der Waals surface area contributed by atoms with Crippen LogP contribution in [0.2, 0.25) is 0 Å². The summed E-state index contributed by atoms with van der Waals surface area (Å²) in [6.07, 6.45) is 7.83. The Balaban J connectivity index is 1.39. The Morgan fingerprint density at radius 2 is 1.93 bits per heavy atom. The van der Waals surface area contributed by atoms with Crippen molar-refractivity contribution in [3.63, 3.8) is 0 Å². The number of carbonyl (C=O) groups is 2. The largest absolute Gasteiger partial charge is 0.444 e. The monoisotopic (exact) mass is 399 g/mol. The molecule has 0 bridgehead atoms. The molecule has 1 aliphatic carbocycles. The van der Waals surface area contributed by atoms with Gasteiger partial charge in [0.1, 0.15) is 16.9 Å². The van der Waals surface area contributed by atoms with Crippen LogP contribution in [-0.4, -0.2) is 56.5 Å². The molecular formula is C21H29N5O3. The van der Waals surface area contributed by atoms with E-state index >= 15 is 0 Å². The Bertz CT molecular complexity index is 905. The number of piperidine rings is 1. The molecular weight excluding hydrogens is 370 g/mol. The lowest BCUT2D eigenvalue weighted by Crippen LogP contribution is -2.44. The lowest BCUT2D eigenvalue weighted by Gasteiger charge is -2.33. The Morgan fingerprint density at radius 3 is 2.55 bits per heavy atom. The van der Waals surface area contributed by atoms with Crippen molar-refractivity contribution in [1.29, 1.82) is 0 Å². The fourth-order valence-corrected chi connectivity index (χ4v) is 3.78. The average Bonchev–Trinajstić information content (AvgIpc) is 3.02. The highest BCUT2D eigenvalue weighted by atomic mass is 16.6. The number of rotatable bonds is 4. The minimum absolute atomic E-state index is 0.129. The summed E-state index contributed by atoms with van der Waals surface area (Å²) in [5.74, 6) is 0.958. The summed E-state index contributed by atoms with van der Waals surface area (Å²) < 4.78 is 5.45. The van der Waals surface area contributed by atoms with Gasteiger partial charge in [0.25, 0.3) is 0 Å². The third-order valence-electron chi connectivity index (χ3n) is 5.62. The molecule has 3 heterocycles. The van der Waals surface area contributed by atoms with Crippen LogP contribution >= 0.6 is 0 Å².